The highest BCUT2D eigenvalue weighted by atomic mass is 19.1. The van der Waals surface area contributed by atoms with Crippen molar-refractivity contribution in [1.29, 1.82) is 0 Å². The van der Waals surface area contributed by atoms with Gasteiger partial charge in [0.15, 0.2) is 18.2 Å². The molecule has 1 atom stereocenters. The van der Waals surface area contributed by atoms with Crippen LogP contribution < -0.4 is 4.74 Å². The molecule has 1 aliphatic heterocycles. The number of hydrogen-bond donors (Lipinski definition) is 1. The number of nitrogens with zero attached hydrogens (tertiary/aromatic N) is 1. The molecular weight excluding hydrogens is 273 g/mol. The lowest BCUT2D eigenvalue weighted by Crippen LogP contribution is -2.35. The molecule has 1 aromatic rings. The van der Waals surface area contributed by atoms with Gasteiger partial charge in [0.25, 0.3) is 5.91 Å². The van der Waals surface area contributed by atoms with Gasteiger partial charge in [-0.3, -0.25) is 4.79 Å². The number of carbonyl (C=O) groups is 1. The van der Waals surface area contributed by atoms with Crippen LogP contribution in [0.4, 0.5) is 4.39 Å². The molecule has 1 fully saturated rings. The molecule has 1 heterocycles. The third kappa shape index (κ3) is 4.43. The van der Waals surface area contributed by atoms with E-state index in [1.54, 1.807) is 17.9 Å². The molecule has 5 heteroatoms. The maximum absolute atomic E-state index is 13.8. The Morgan fingerprint density at radius 2 is 2.00 bits per heavy atom. The quantitative estimate of drug-likeness (QED) is 0.929. The Labute approximate surface area is 124 Å². The average Bonchev–Trinajstić information content (AvgIpc) is 2.74. The molecule has 1 saturated heterocycles. The van der Waals surface area contributed by atoms with E-state index in [0.29, 0.717) is 5.56 Å². The monoisotopic (exact) mass is 295 g/mol. The van der Waals surface area contributed by atoms with Crippen LogP contribution in [-0.2, 0) is 4.79 Å². The van der Waals surface area contributed by atoms with E-state index in [4.69, 9.17) is 4.74 Å². The average molecular weight is 295 g/mol. The van der Waals surface area contributed by atoms with Crippen molar-refractivity contribution in [3.05, 3.63) is 29.6 Å². The van der Waals surface area contributed by atoms with Gasteiger partial charge < -0.3 is 14.7 Å². The molecular formula is C16H22FNO3. The Morgan fingerprint density at radius 1 is 1.33 bits per heavy atom. The molecule has 1 aromatic carbocycles. The summed E-state index contributed by atoms with van der Waals surface area (Å²) in [6, 6.07) is 4.28. The Morgan fingerprint density at radius 3 is 2.57 bits per heavy atom. The first-order valence-corrected chi connectivity index (χ1v) is 7.46. The summed E-state index contributed by atoms with van der Waals surface area (Å²) in [6.07, 6.45) is 3.61. The number of benzene rings is 1. The van der Waals surface area contributed by atoms with Crippen molar-refractivity contribution in [2.75, 3.05) is 19.7 Å². The summed E-state index contributed by atoms with van der Waals surface area (Å²) in [4.78, 5) is 13.8. The van der Waals surface area contributed by atoms with Crippen LogP contribution in [0.1, 0.15) is 44.3 Å². The van der Waals surface area contributed by atoms with Crippen LogP contribution in [-0.4, -0.2) is 35.6 Å². The van der Waals surface area contributed by atoms with Crippen LogP contribution in [0.5, 0.6) is 5.75 Å². The second-order valence-corrected chi connectivity index (χ2v) is 5.45. The van der Waals surface area contributed by atoms with Crippen molar-refractivity contribution in [3.8, 4) is 5.75 Å². The van der Waals surface area contributed by atoms with Crippen molar-refractivity contribution in [2.24, 2.45) is 0 Å². The molecule has 116 valence electrons. The number of aliphatic hydroxyl groups excluding tert-OH is 1. The number of ether oxygens (including phenoxy) is 1. The van der Waals surface area contributed by atoms with Crippen LogP contribution in [0.3, 0.4) is 0 Å². The molecule has 0 aliphatic carbocycles. The summed E-state index contributed by atoms with van der Waals surface area (Å²) in [7, 11) is 0. The Hall–Kier alpha value is -1.62. The highest BCUT2D eigenvalue weighted by Crippen LogP contribution is 2.22. The van der Waals surface area contributed by atoms with E-state index in [-0.39, 0.29) is 18.3 Å². The normalized spacial score (nSPS) is 17.2. The summed E-state index contributed by atoms with van der Waals surface area (Å²) in [5, 5.41) is 9.39. The van der Waals surface area contributed by atoms with Crippen molar-refractivity contribution in [1.82, 2.24) is 4.90 Å². The summed E-state index contributed by atoms with van der Waals surface area (Å²) in [5.74, 6) is -0.615. The summed E-state index contributed by atoms with van der Waals surface area (Å²) in [6.45, 7) is 2.93. The molecule has 0 aromatic heterocycles. The standard InChI is InChI=1S/C16H22FNO3/c1-12(19)13-6-7-15(14(17)10-13)21-11-16(20)18-8-4-2-3-5-9-18/h6-7,10,12,19H,2-5,8-9,11H2,1H3/t12-/m0/s1. The third-order valence-corrected chi connectivity index (χ3v) is 3.75. The molecule has 4 nitrogen and oxygen atoms in total. The van der Waals surface area contributed by atoms with E-state index in [1.807, 2.05) is 0 Å². The first-order valence-electron chi connectivity index (χ1n) is 7.46. The minimum atomic E-state index is -0.729. The number of halogens is 1. The maximum atomic E-state index is 13.8. The topological polar surface area (TPSA) is 49.8 Å². The van der Waals surface area contributed by atoms with Gasteiger partial charge in [-0.1, -0.05) is 18.9 Å². The van der Waals surface area contributed by atoms with Gasteiger partial charge in [0.1, 0.15) is 0 Å². The molecule has 1 amide bonds. The van der Waals surface area contributed by atoms with E-state index in [1.165, 1.54) is 12.1 Å². The zero-order valence-corrected chi connectivity index (χ0v) is 12.3. The fraction of sp³-hybridized carbons (Fsp3) is 0.562. The maximum Gasteiger partial charge on any atom is 0.260 e. The Kier molecular flexibility index (Phi) is 5.56. The lowest BCUT2D eigenvalue weighted by Gasteiger charge is -2.20. The molecule has 21 heavy (non-hydrogen) atoms. The van der Waals surface area contributed by atoms with Crippen LogP contribution in [0, 0.1) is 5.82 Å². The van der Waals surface area contributed by atoms with Crippen LogP contribution in [0.2, 0.25) is 0 Å². The lowest BCUT2D eigenvalue weighted by molar-refractivity contribution is -0.133. The molecule has 0 bridgehead atoms. The highest BCUT2D eigenvalue weighted by Gasteiger charge is 2.17. The van der Waals surface area contributed by atoms with Gasteiger partial charge in [0, 0.05) is 13.1 Å². The van der Waals surface area contributed by atoms with Crippen molar-refractivity contribution in [3.63, 3.8) is 0 Å². The first kappa shape index (κ1) is 15.8. The van der Waals surface area contributed by atoms with Gasteiger partial charge >= 0.3 is 0 Å². The second-order valence-electron chi connectivity index (χ2n) is 5.45. The van der Waals surface area contributed by atoms with Gasteiger partial charge in [0.2, 0.25) is 0 Å². The van der Waals surface area contributed by atoms with E-state index in [2.05, 4.69) is 0 Å². The van der Waals surface area contributed by atoms with Crippen LogP contribution >= 0.6 is 0 Å². The lowest BCUT2D eigenvalue weighted by atomic mass is 10.1. The van der Waals surface area contributed by atoms with Gasteiger partial charge in [-0.2, -0.15) is 0 Å². The number of aliphatic hydroxyl groups is 1. The predicted octanol–water partition coefficient (Wildman–Crippen LogP) is 2.66. The SMILES string of the molecule is C[C@H](O)c1ccc(OCC(=O)N2CCCCCC2)c(F)c1. The summed E-state index contributed by atoms with van der Waals surface area (Å²) < 4.78 is 19.1. The molecule has 0 saturated carbocycles. The van der Waals surface area contributed by atoms with Crippen molar-refractivity contribution in [2.45, 2.75) is 38.7 Å². The fourth-order valence-electron chi connectivity index (χ4n) is 2.44. The molecule has 1 aliphatic rings. The van der Waals surface area contributed by atoms with Crippen LogP contribution in [0.15, 0.2) is 18.2 Å². The third-order valence-electron chi connectivity index (χ3n) is 3.75. The van der Waals surface area contributed by atoms with E-state index in [0.717, 1.165) is 38.8 Å². The van der Waals surface area contributed by atoms with Gasteiger partial charge in [0.05, 0.1) is 6.10 Å². The minimum Gasteiger partial charge on any atom is -0.481 e. The van der Waals surface area contributed by atoms with Crippen molar-refractivity contribution >= 4 is 5.91 Å². The zero-order valence-electron chi connectivity index (χ0n) is 12.3. The summed E-state index contributed by atoms with van der Waals surface area (Å²) >= 11 is 0. The van der Waals surface area contributed by atoms with E-state index < -0.39 is 11.9 Å². The Bertz CT molecular complexity index is 482. The smallest absolute Gasteiger partial charge is 0.260 e. The number of rotatable bonds is 4. The fourth-order valence-corrected chi connectivity index (χ4v) is 2.44. The second kappa shape index (κ2) is 7.41. The molecule has 0 radical (unpaired) electrons. The molecule has 0 spiro atoms. The van der Waals surface area contributed by atoms with Crippen molar-refractivity contribution < 1.29 is 19.0 Å². The molecule has 0 unspecified atom stereocenters. The first-order chi connectivity index (χ1) is 10.1. The number of amides is 1. The predicted molar refractivity (Wildman–Crippen MR) is 77.6 cm³/mol. The molecule has 2 rings (SSSR count). The van der Waals surface area contributed by atoms with E-state index >= 15 is 0 Å². The van der Waals surface area contributed by atoms with E-state index in [9.17, 15) is 14.3 Å². The Balaban J connectivity index is 1.91. The van der Waals surface area contributed by atoms with Crippen LogP contribution in [0.25, 0.3) is 0 Å². The molecule has 1 N–H and O–H groups in total. The highest BCUT2D eigenvalue weighted by molar-refractivity contribution is 5.77. The van der Waals surface area contributed by atoms with Gasteiger partial charge in [-0.15, -0.1) is 0 Å². The summed E-state index contributed by atoms with van der Waals surface area (Å²) in [5.41, 5.74) is 0.485. The largest absolute Gasteiger partial charge is 0.481 e. The van der Waals surface area contributed by atoms with Gasteiger partial charge in [-0.05, 0) is 37.5 Å². The number of carbonyl (C=O) groups excluding carboxylic acids is 1. The number of hydrogen-bond acceptors (Lipinski definition) is 3. The van der Waals surface area contributed by atoms with Gasteiger partial charge in [-0.25, -0.2) is 4.39 Å². The number of likely N-dealkylation sites (tertiary alicyclic amines) is 1. The minimum absolute atomic E-state index is 0.0440. The zero-order chi connectivity index (χ0) is 15.2.